The van der Waals surface area contributed by atoms with Gasteiger partial charge in [-0.2, -0.15) is 9.97 Å². The number of pyridine rings is 1. The highest BCUT2D eigenvalue weighted by Gasteiger charge is 2.24. The average Bonchev–Trinajstić information content (AvgIpc) is 2.80. The molecule has 0 saturated carbocycles. The molecule has 1 fully saturated rings. The Morgan fingerprint density at radius 1 is 1.21 bits per heavy atom. The second-order valence-electron chi connectivity index (χ2n) is 8.09. The third kappa shape index (κ3) is 3.51. The number of benzene rings is 2. The molecule has 2 aromatic heterocycles. The van der Waals surface area contributed by atoms with Gasteiger partial charge in [-0.1, -0.05) is 30.2 Å². The summed E-state index contributed by atoms with van der Waals surface area (Å²) in [5, 5.41) is 4.84. The Morgan fingerprint density at radius 2 is 2.03 bits per heavy atom. The molecular formula is C25H21F2N5O. The molecule has 0 atom stereocenters. The maximum absolute atomic E-state index is 15.9. The number of ether oxygens (including phenoxy) is 1. The molecule has 166 valence electrons. The molecule has 1 aliphatic rings. The van der Waals surface area contributed by atoms with E-state index in [9.17, 15) is 4.39 Å². The number of methoxy groups -OCH3 is 1. The van der Waals surface area contributed by atoms with Gasteiger partial charge in [0.05, 0.1) is 18.1 Å². The van der Waals surface area contributed by atoms with Crippen LogP contribution in [0.15, 0.2) is 36.5 Å². The van der Waals surface area contributed by atoms with Crippen LogP contribution in [0.4, 0.5) is 14.6 Å². The second kappa shape index (κ2) is 8.26. The summed E-state index contributed by atoms with van der Waals surface area (Å²) in [6.45, 7) is 2.60. The maximum atomic E-state index is 15.9. The summed E-state index contributed by atoms with van der Waals surface area (Å²) >= 11 is 0. The van der Waals surface area contributed by atoms with Crippen molar-refractivity contribution in [2.24, 2.45) is 5.92 Å². The van der Waals surface area contributed by atoms with Crippen molar-refractivity contribution < 1.29 is 13.5 Å². The molecule has 0 radical (unpaired) electrons. The van der Waals surface area contributed by atoms with Crippen LogP contribution in [0.3, 0.4) is 0 Å². The van der Waals surface area contributed by atoms with Gasteiger partial charge in [-0.15, -0.1) is 6.42 Å². The summed E-state index contributed by atoms with van der Waals surface area (Å²) < 4.78 is 35.6. The molecule has 0 amide bonds. The van der Waals surface area contributed by atoms with Crippen molar-refractivity contribution in [3.8, 4) is 29.6 Å². The highest BCUT2D eigenvalue weighted by molar-refractivity contribution is 6.02. The molecule has 0 bridgehead atoms. The van der Waals surface area contributed by atoms with Gasteiger partial charge in [0.1, 0.15) is 22.8 Å². The third-order valence-electron chi connectivity index (χ3n) is 5.98. The first-order valence-corrected chi connectivity index (χ1v) is 10.5. The molecule has 2 aromatic carbocycles. The predicted octanol–water partition coefficient (Wildman–Crippen LogP) is 3.77. The number of nitrogens with zero attached hydrogens (tertiary/aromatic N) is 4. The number of aromatic nitrogens is 3. The van der Waals surface area contributed by atoms with Crippen LogP contribution in [-0.4, -0.2) is 48.7 Å². The van der Waals surface area contributed by atoms with Crippen molar-refractivity contribution in [3.05, 3.63) is 53.7 Å². The van der Waals surface area contributed by atoms with Gasteiger partial charge < -0.3 is 15.0 Å². The number of nitrogens with one attached hydrogen (secondary N) is 1. The number of hydrogen-bond acceptors (Lipinski definition) is 6. The van der Waals surface area contributed by atoms with E-state index < -0.39 is 11.6 Å². The Morgan fingerprint density at radius 3 is 2.73 bits per heavy atom. The Bertz CT molecular complexity index is 1430. The van der Waals surface area contributed by atoms with Gasteiger partial charge >= 0.3 is 6.01 Å². The van der Waals surface area contributed by atoms with E-state index in [-0.39, 0.29) is 22.8 Å². The lowest BCUT2D eigenvalue weighted by Gasteiger charge is -2.32. The Hall–Kier alpha value is -3.83. The molecule has 5 rings (SSSR count). The summed E-state index contributed by atoms with van der Waals surface area (Å²) in [5.41, 5.74) is 0.579. The first-order valence-electron chi connectivity index (χ1n) is 10.5. The highest BCUT2D eigenvalue weighted by Crippen LogP contribution is 2.36. The Kier molecular flexibility index (Phi) is 5.27. The van der Waals surface area contributed by atoms with E-state index in [0.717, 1.165) is 19.6 Å². The molecule has 3 heterocycles. The van der Waals surface area contributed by atoms with Gasteiger partial charge in [-0.3, -0.25) is 4.98 Å². The SMILES string of the molecule is C#Cc1c(F)ccc2cccc(-c3ncc4c(N(C)CC5CNC5)nc(OC)nc4c3F)c12. The van der Waals surface area contributed by atoms with Crippen molar-refractivity contribution in [2.75, 3.05) is 38.7 Å². The minimum Gasteiger partial charge on any atom is -0.467 e. The predicted molar refractivity (Wildman–Crippen MR) is 124 cm³/mol. The van der Waals surface area contributed by atoms with Crippen molar-refractivity contribution in [3.63, 3.8) is 0 Å². The van der Waals surface area contributed by atoms with E-state index in [1.54, 1.807) is 30.5 Å². The van der Waals surface area contributed by atoms with E-state index in [2.05, 4.69) is 26.2 Å². The first kappa shape index (κ1) is 21.0. The summed E-state index contributed by atoms with van der Waals surface area (Å²) in [5.74, 6) is 2.22. The van der Waals surface area contributed by atoms with Crippen LogP contribution in [0.2, 0.25) is 0 Å². The third-order valence-corrected chi connectivity index (χ3v) is 5.98. The maximum Gasteiger partial charge on any atom is 0.318 e. The zero-order valence-corrected chi connectivity index (χ0v) is 18.2. The van der Waals surface area contributed by atoms with Crippen LogP contribution in [0.1, 0.15) is 5.56 Å². The Labute approximate surface area is 189 Å². The molecule has 1 N–H and O–H groups in total. The van der Waals surface area contributed by atoms with Gasteiger partial charge in [0.15, 0.2) is 5.82 Å². The first-order chi connectivity index (χ1) is 16.0. The fraction of sp³-hybridized carbons (Fsp3) is 0.240. The fourth-order valence-corrected chi connectivity index (χ4v) is 4.24. The zero-order chi connectivity index (χ0) is 23.1. The fourth-order valence-electron chi connectivity index (χ4n) is 4.24. The minimum absolute atomic E-state index is 0.0350. The molecule has 4 aromatic rings. The lowest BCUT2D eigenvalue weighted by atomic mass is 9.96. The molecule has 1 aliphatic heterocycles. The average molecular weight is 445 g/mol. The molecule has 1 saturated heterocycles. The molecule has 0 spiro atoms. The van der Waals surface area contributed by atoms with Crippen LogP contribution in [0, 0.1) is 29.9 Å². The summed E-state index contributed by atoms with van der Waals surface area (Å²) in [4.78, 5) is 15.1. The van der Waals surface area contributed by atoms with Crippen LogP contribution in [0.5, 0.6) is 6.01 Å². The lowest BCUT2D eigenvalue weighted by molar-refractivity contribution is 0.351. The van der Waals surface area contributed by atoms with E-state index in [1.165, 1.54) is 13.2 Å². The topological polar surface area (TPSA) is 63.2 Å². The number of hydrogen-bond donors (Lipinski definition) is 1. The van der Waals surface area contributed by atoms with Gasteiger partial charge in [-0.05, 0) is 11.5 Å². The number of halogens is 2. The number of terminal acetylenes is 1. The van der Waals surface area contributed by atoms with Crippen LogP contribution >= 0.6 is 0 Å². The van der Waals surface area contributed by atoms with Crippen molar-refractivity contribution in [1.29, 1.82) is 0 Å². The van der Waals surface area contributed by atoms with Gasteiger partial charge in [0, 0.05) is 49.7 Å². The summed E-state index contributed by atoms with van der Waals surface area (Å²) in [7, 11) is 3.34. The van der Waals surface area contributed by atoms with Crippen molar-refractivity contribution >= 4 is 27.5 Å². The number of anilines is 1. The van der Waals surface area contributed by atoms with E-state index in [1.807, 2.05) is 11.9 Å². The summed E-state index contributed by atoms with van der Waals surface area (Å²) in [6, 6.07) is 8.21. The number of fused-ring (bicyclic) bond motifs is 2. The lowest BCUT2D eigenvalue weighted by Crippen LogP contribution is -2.47. The smallest absolute Gasteiger partial charge is 0.318 e. The minimum atomic E-state index is -0.645. The standard InChI is InChI=1S/C25H21F2N5O/c1-4-16-19(26)9-8-15-6-5-7-17(20(15)16)22-21(27)23-18(12-29-22)24(31-25(30-23)33-3)32(2)13-14-10-28-11-14/h1,5-9,12,14,28H,10-11,13H2,2-3H3. The quantitative estimate of drug-likeness (QED) is 0.472. The van der Waals surface area contributed by atoms with E-state index in [0.29, 0.717) is 33.5 Å². The summed E-state index contributed by atoms with van der Waals surface area (Å²) in [6.07, 6.45) is 7.14. The van der Waals surface area contributed by atoms with Crippen molar-refractivity contribution in [1.82, 2.24) is 20.3 Å². The Balaban J connectivity index is 1.73. The van der Waals surface area contributed by atoms with Crippen LogP contribution in [-0.2, 0) is 0 Å². The van der Waals surface area contributed by atoms with Crippen LogP contribution in [0.25, 0.3) is 32.9 Å². The van der Waals surface area contributed by atoms with Gasteiger partial charge in [0.2, 0.25) is 0 Å². The van der Waals surface area contributed by atoms with Gasteiger partial charge in [0.25, 0.3) is 0 Å². The van der Waals surface area contributed by atoms with Crippen molar-refractivity contribution in [2.45, 2.75) is 0 Å². The molecule has 33 heavy (non-hydrogen) atoms. The second-order valence-corrected chi connectivity index (χ2v) is 8.09. The normalized spacial score (nSPS) is 13.7. The zero-order valence-electron chi connectivity index (χ0n) is 18.2. The highest BCUT2D eigenvalue weighted by atomic mass is 19.1. The molecule has 6 nitrogen and oxygen atoms in total. The number of rotatable bonds is 5. The molecular weight excluding hydrogens is 424 g/mol. The monoisotopic (exact) mass is 445 g/mol. The molecule has 0 unspecified atom stereocenters. The molecule has 0 aliphatic carbocycles. The molecule has 8 heteroatoms. The van der Waals surface area contributed by atoms with Crippen LogP contribution < -0.4 is 15.0 Å². The van der Waals surface area contributed by atoms with Gasteiger partial charge in [-0.25, -0.2) is 8.78 Å². The van der Waals surface area contributed by atoms with E-state index >= 15 is 4.39 Å². The van der Waals surface area contributed by atoms with E-state index in [4.69, 9.17) is 11.2 Å². The largest absolute Gasteiger partial charge is 0.467 e.